The van der Waals surface area contributed by atoms with Crippen molar-refractivity contribution >= 4 is 5.91 Å². The molecule has 0 saturated heterocycles. The van der Waals surface area contributed by atoms with Gasteiger partial charge in [0.2, 0.25) is 5.91 Å². The van der Waals surface area contributed by atoms with Crippen LogP contribution in [-0.4, -0.2) is 46.1 Å². The van der Waals surface area contributed by atoms with Gasteiger partial charge in [0.1, 0.15) is 0 Å². The van der Waals surface area contributed by atoms with Gasteiger partial charge in [-0.1, -0.05) is 192 Å². The Morgan fingerprint density at radius 3 is 1.39 bits per heavy atom. The molecule has 0 spiro atoms. The fraction of sp³-hybridized carbons (Fsp3) is 0.878. The summed E-state index contributed by atoms with van der Waals surface area (Å²) in [5.41, 5.74) is 0. The molecule has 0 aliphatic heterocycles. The molecule has 0 fully saturated rings. The zero-order chi connectivity index (χ0) is 33.8. The number of amides is 1. The van der Waals surface area contributed by atoms with E-state index in [0.29, 0.717) is 6.42 Å². The number of hydrogen-bond donors (Lipinski definition) is 4. The van der Waals surface area contributed by atoms with E-state index in [4.69, 9.17) is 0 Å². The average Bonchev–Trinajstić information content (AvgIpc) is 3.05. The Hall–Kier alpha value is -1.17. The second-order valence-electron chi connectivity index (χ2n) is 13.9. The molecule has 46 heavy (non-hydrogen) atoms. The molecule has 0 aromatic rings. The van der Waals surface area contributed by atoms with E-state index in [-0.39, 0.29) is 18.9 Å². The average molecular weight is 650 g/mol. The summed E-state index contributed by atoms with van der Waals surface area (Å²) in [6.07, 6.45) is 43.1. The highest BCUT2D eigenvalue weighted by Crippen LogP contribution is 2.15. The lowest BCUT2D eigenvalue weighted by Crippen LogP contribution is -2.45. The Morgan fingerprint density at radius 1 is 0.543 bits per heavy atom. The first kappa shape index (κ1) is 44.8. The SMILES string of the molecule is CCCCCCCCCCC/C=C/CC/C=C/C(O)C(CO)NC(=O)CC(O)CCCCCCCCCCCCCCCCCC. The van der Waals surface area contributed by atoms with Crippen molar-refractivity contribution in [2.24, 2.45) is 0 Å². The Bertz CT molecular complexity index is 679. The van der Waals surface area contributed by atoms with Gasteiger partial charge >= 0.3 is 0 Å². The van der Waals surface area contributed by atoms with Gasteiger partial charge in [0.25, 0.3) is 0 Å². The second kappa shape index (κ2) is 36.7. The number of hydrogen-bond acceptors (Lipinski definition) is 4. The number of aliphatic hydroxyl groups is 3. The number of unbranched alkanes of at least 4 members (excludes halogenated alkanes) is 25. The van der Waals surface area contributed by atoms with Crippen molar-refractivity contribution in [3.05, 3.63) is 24.3 Å². The van der Waals surface area contributed by atoms with Crippen molar-refractivity contribution in [3.63, 3.8) is 0 Å². The van der Waals surface area contributed by atoms with Crippen LogP contribution >= 0.6 is 0 Å². The van der Waals surface area contributed by atoms with E-state index in [9.17, 15) is 20.1 Å². The van der Waals surface area contributed by atoms with Crippen LogP contribution in [0, 0.1) is 0 Å². The molecule has 5 nitrogen and oxygen atoms in total. The Labute approximate surface area is 286 Å². The minimum atomic E-state index is -0.947. The molecule has 0 heterocycles. The van der Waals surface area contributed by atoms with Crippen LogP contribution in [0.3, 0.4) is 0 Å². The Morgan fingerprint density at radius 2 is 0.935 bits per heavy atom. The number of rotatable bonds is 36. The molecule has 5 heteroatoms. The maximum absolute atomic E-state index is 12.4. The first-order chi connectivity index (χ1) is 22.5. The molecule has 3 unspecified atom stereocenters. The van der Waals surface area contributed by atoms with Crippen LogP contribution < -0.4 is 5.32 Å². The summed E-state index contributed by atoms with van der Waals surface area (Å²) in [6.45, 7) is 4.19. The van der Waals surface area contributed by atoms with E-state index in [0.717, 1.165) is 32.1 Å². The molecule has 272 valence electrons. The quantitative estimate of drug-likeness (QED) is 0.0401. The standard InChI is InChI=1S/C41H79NO4/c1-3-5-7-9-11-13-15-17-19-21-22-24-26-28-30-32-34-38(44)36-41(46)42-39(37-43)40(45)35-33-31-29-27-25-23-20-18-16-14-12-10-8-6-4-2/h25,27,33,35,38-40,43-45H,3-24,26,28-32,34,36-37H2,1-2H3,(H,42,46)/b27-25+,35-33+. The summed E-state index contributed by atoms with van der Waals surface area (Å²) in [4.78, 5) is 12.4. The third-order valence-electron chi connectivity index (χ3n) is 9.24. The number of carbonyl (C=O) groups is 1. The molecule has 0 aromatic heterocycles. The zero-order valence-corrected chi connectivity index (χ0v) is 30.7. The van der Waals surface area contributed by atoms with E-state index in [1.165, 1.54) is 148 Å². The number of allylic oxidation sites excluding steroid dienone is 3. The number of carbonyl (C=O) groups excluding carboxylic acids is 1. The van der Waals surface area contributed by atoms with Crippen LogP contribution in [0.1, 0.15) is 206 Å². The summed E-state index contributed by atoms with van der Waals surface area (Å²) < 4.78 is 0. The van der Waals surface area contributed by atoms with Gasteiger partial charge in [-0.25, -0.2) is 0 Å². The van der Waals surface area contributed by atoms with Crippen molar-refractivity contribution in [3.8, 4) is 0 Å². The molecule has 0 rings (SSSR count). The summed E-state index contributed by atoms with van der Waals surface area (Å²) in [7, 11) is 0. The van der Waals surface area contributed by atoms with Crippen LogP contribution in [0.15, 0.2) is 24.3 Å². The van der Waals surface area contributed by atoms with Crippen molar-refractivity contribution < 1.29 is 20.1 Å². The maximum atomic E-state index is 12.4. The normalized spacial score (nSPS) is 13.9. The lowest BCUT2D eigenvalue weighted by atomic mass is 10.0. The van der Waals surface area contributed by atoms with Crippen molar-refractivity contribution in [2.45, 2.75) is 225 Å². The highest BCUT2D eigenvalue weighted by molar-refractivity contribution is 5.76. The molecule has 1 amide bonds. The summed E-state index contributed by atoms with van der Waals surface area (Å²) in [6, 6.07) is -0.756. The van der Waals surface area contributed by atoms with Crippen molar-refractivity contribution in [1.82, 2.24) is 5.32 Å². The highest BCUT2D eigenvalue weighted by Gasteiger charge is 2.20. The van der Waals surface area contributed by atoms with E-state index < -0.39 is 18.2 Å². The molecule has 0 aliphatic carbocycles. The molecule has 0 radical (unpaired) electrons. The Kier molecular flexibility index (Phi) is 35.7. The summed E-state index contributed by atoms with van der Waals surface area (Å²) >= 11 is 0. The van der Waals surface area contributed by atoms with Crippen molar-refractivity contribution in [2.75, 3.05) is 6.61 Å². The monoisotopic (exact) mass is 650 g/mol. The van der Waals surface area contributed by atoms with Gasteiger partial charge in [0.15, 0.2) is 0 Å². The van der Waals surface area contributed by atoms with Crippen LogP contribution in [0.5, 0.6) is 0 Å². The molecular weight excluding hydrogens is 570 g/mol. The predicted molar refractivity (Wildman–Crippen MR) is 199 cm³/mol. The van der Waals surface area contributed by atoms with E-state index in [1.807, 2.05) is 6.08 Å². The molecule has 0 aliphatic rings. The fourth-order valence-electron chi connectivity index (χ4n) is 6.12. The van der Waals surface area contributed by atoms with Crippen molar-refractivity contribution in [1.29, 1.82) is 0 Å². The van der Waals surface area contributed by atoms with Gasteiger partial charge in [-0.05, 0) is 32.1 Å². The summed E-state index contributed by atoms with van der Waals surface area (Å²) in [5.74, 6) is -0.324. The smallest absolute Gasteiger partial charge is 0.222 e. The predicted octanol–water partition coefficient (Wildman–Crippen LogP) is 11.0. The van der Waals surface area contributed by atoms with Gasteiger partial charge in [-0.15, -0.1) is 0 Å². The van der Waals surface area contributed by atoms with Gasteiger partial charge < -0.3 is 20.6 Å². The Balaban J connectivity index is 3.73. The third-order valence-corrected chi connectivity index (χ3v) is 9.24. The van der Waals surface area contributed by atoms with Crippen LogP contribution in [-0.2, 0) is 4.79 Å². The topological polar surface area (TPSA) is 89.8 Å². The van der Waals surface area contributed by atoms with Crippen LogP contribution in [0.25, 0.3) is 0 Å². The minimum Gasteiger partial charge on any atom is -0.394 e. The van der Waals surface area contributed by atoms with E-state index >= 15 is 0 Å². The van der Waals surface area contributed by atoms with Gasteiger partial charge in [-0.3, -0.25) is 4.79 Å². The first-order valence-electron chi connectivity index (χ1n) is 20.1. The number of aliphatic hydroxyl groups excluding tert-OH is 3. The van der Waals surface area contributed by atoms with Gasteiger partial charge in [0.05, 0.1) is 31.3 Å². The lowest BCUT2D eigenvalue weighted by Gasteiger charge is -2.21. The zero-order valence-electron chi connectivity index (χ0n) is 30.7. The lowest BCUT2D eigenvalue weighted by molar-refractivity contribution is -0.124. The molecular formula is C41H79NO4. The first-order valence-corrected chi connectivity index (χ1v) is 20.1. The molecule has 3 atom stereocenters. The largest absolute Gasteiger partial charge is 0.394 e. The fourth-order valence-corrected chi connectivity index (χ4v) is 6.12. The van der Waals surface area contributed by atoms with Gasteiger partial charge in [-0.2, -0.15) is 0 Å². The molecule has 4 N–H and O–H groups in total. The maximum Gasteiger partial charge on any atom is 0.222 e. The molecule has 0 saturated carbocycles. The summed E-state index contributed by atoms with van der Waals surface area (Å²) in [5, 5.41) is 33.1. The molecule has 0 bridgehead atoms. The van der Waals surface area contributed by atoms with Gasteiger partial charge in [0, 0.05) is 0 Å². The second-order valence-corrected chi connectivity index (χ2v) is 13.9. The van der Waals surface area contributed by atoms with Crippen LogP contribution in [0.4, 0.5) is 0 Å². The molecule has 0 aromatic carbocycles. The van der Waals surface area contributed by atoms with Crippen LogP contribution in [0.2, 0.25) is 0 Å². The highest BCUT2D eigenvalue weighted by atomic mass is 16.3. The van der Waals surface area contributed by atoms with E-state index in [1.54, 1.807) is 6.08 Å². The minimum absolute atomic E-state index is 0.00935. The third kappa shape index (κ3) is 32.8. The number of nitrogens with one attached hydrogen (secondary N) is 1. The van der Waals surface area contributed by atoms with E-state index in [2.05, 4.69) is 31.3 Å².